The summed E-state index contributed by atoms with van der Waals surface area (Å²) >= 11 is 0. The molecule has 0 N–H and O–H groups in total. The van der Waals surface area contributed by atoms with Crippen molar-refractivity contribution in [1.82, 2.24) is 13.6 Å². The van der Waals surface area contributed by atoms with Crippen molar-refractivity contribution < 1.29 is 13.2 Å². The molecule has 3 rings (SSSR count). The highest BCUT2D eigenvalue weighted by atomic mass is 32.2. The first-order valence-electron chi connectivity index (χ1n) is 7.81. The fraction of sp³-hybridized carbons (Fsp3) is 0.667. The predicted octanol–water partition coefficient (Wildman–Crippen LogP) is 1.57. The number of ether oxygens (including phenoxy) is 1. The van der Waals surface area contributed by atoms with Crippen molar-refractivity contribution in [1.29, 1.82) is 0 Å². The summed E-state index contributed by atoms with van der Waals surface area (Å²) in [6, 6.07) is 3.73. The van der Waals surface area contributed by atoms with Gasteiger partial charge < -0.3 is 4.74 Å². The Morgan fingerprint density at radius 3 is 2.45 bits per heavy atom. The lowest BCUT2D eigenvalue weighted by atomic mass is 10.1. The largest absolute Gasteiger partial charge is 0.373 e. The Hall–Kier alpha value is -1.02. The van der Waals surface area contributed by atoms with Gasteiger partial charge in [-0.2, -0.15) is 17.0 Å². The highest BCUT2D eigenvalue weighted by molar-refractivity contribution is 7.86. The van der Waals surface area contributed by atoms with Gasteiger partial charge in [0, 0.05) is 32.0 Å². The maximum absolute atomic E-state index is 13.0. The van der Waals surface area contributed by atoms with E-state index in [0.29, 0.717) is 19.6 Å². The molecule has 2 saturated heterocycles. The zero-order chi connectivity index (χ0) is 15.7. The van der Waals surface area contributed by atoms with Gasteiger partial charge in [-0.05, 0) is 44.4 Å². The summed E-state index contributed by atoms with van der Waals surface area (Å²) < 4.78 is 35.0. The highest BCUT2D eigenvalue weighted by Gasteiger charge is 2.41. The number of rotatable bonds is 3. The van der Waals surface area contributed by atoms with Crippen LogP contribution in [0.2, 0.25) is 0 Å². The van der Waals surface area contributed by atoms with Gasteiger partial charge in [0.25, 0.3) is 10.2 Å². The van der Waals surface area contributed by atoms with Crippen LogP contribution in [-0.2, 0) is 14.9 Å². The number of hydrogen-bond donors (Lipinski definition) is 0. The van der Waals surface area contributed by atoms with Crippen LogP contribution < -0.4 is 0 Å². The third-order valence-electron chi connectivity index (χ3n) is 4.30. The monoisotopic (exact) mass is 325 g/mol. The summed E-state index contributed by atoms with van der Waals surface area (Å²) in [5.74, 6) is 0. The average molecular weight is 325 g/mol. The number of hydrogen-bond acceptors (Lipinski definition) is 4. The van der Waals surface area contributed by atoms with Crippen LogP contribution in [-0.4, -0.2) is 53.9 Å². The highest BCUT2D eigenvalue weighted by Crippen LogP contribution is 2.35. The predicted molar refractivity (Wildman–Crippen MR) is 83.4 cm³/mol. The van der Waals surface area contributed by atoms with E-state index >= 15 is 0 Å². The van der Waals surface area contributed by atoms with Crippen LogP contribution in [0.3, 0.4) is 0 Å². The van der Waals surface area contributed by atoms with Crippen molar-refractivity contribution >= 4 is 10.2 Å². The molecule has 0 amide bonds. The quantitative estimate of drug-likeness (QED) is 0.846. The molecule has 7 heteroatoms. The Labute approximate surface area is 132 Å². The molecule has 3 atom stereocenters. The first kappa shape index (κ1) is 15.9. The van der Waals surface area contributed by atoms with E-state index in [1.165, 1.54) is 0 Å². The maximum atomic E-state index is 13.0. The van der Waals surface area contributed by atoms with Crippen molar-refractivity contribution in [3.8, 4) is 0 Å². The molecule has 0 aromatic carbocycles. The minimum atomic E-state index is -3.46. The number of aromatic nitrogens is 1. The second-order valence-corrected chi connectivity index (χ2v) is 8.01. The van der Waals surface area contributed by atoms with Crippen molar-refractivity contribution in [2.75, 3.05) is 19.6 Å². The van der Waals surface area contributed by atoms with Gasteiger partial charge in [-0.15, -0.1) is 0 Å². The van der Waals surface area contributed by atoms with E-state index in [9.17, 15) is 8.42 Å². The van der Waals surface area contributed by atoms with Crippen LogP contribution >= 0.6 is 0 Å². The molecule has 2 aliphatic rings. The molecule has 1 aromatic rings. The zero-order valence-electron chi connectivity index (χ0n) is 13.1. The van der Waals surface area contributed by atoms with Gasteiger partial charge in [-0.25, -0.2) is 0 Å². The van der Waals surface area contributed by atoms with Gasteiger partial charge in [0.2, 0.25) is 0 Å². The number of morpholine rings is 1. The Morgan fingerprint density at radius 2 is 1.82 bits per heavy atom. The Kier molecular flexibility index (Phi) is 4.49. The van der Waals surface area contributed by atoms with Gasteiger partial charge in [-0.3, -0.25) is 4.98 Å². The lowest BCUT2D eigenvalue weighted by Gasteiger charge is -2.37. The third kappa shape index (κ3) is 3.03. The standard InChI is InChI=1S/C15H23N3O3S/c1-12-10-17(11-13(2)21-12)22(19,20)18-9-3-4-15(18)14-5-7-16-8-6-14/h5-8,12-13,15H,3-4,9-11H2,1-2H3/t12-,13+,15-/m1/s1. The Bertz CT molecular complexity index is 598. The molecule has 0 spiro atoms. The molecule has 3 heterocycles. The molecule has 6 nitrogen and oxygen atoms in total. The molecule has 0 bridgehead atoms. The molecule has 0 aliphatic carbocycles. The first-order chi connectivity index (χ1) is 10.5. The molecular weight excluding hydrogens is 302 g/mol. The fourth-order valence-electron chi connectivity index (χ4n) is 3.40. The van der Waals surface area contributed by atoms with Gasteiger partial charge in [-0.1, -0.05) is 0 Å². The Balaban J connectivity index is 1.85. The molecule has 0 saturated carbocycles. The van der Waals surface area contributed by atoms with Gasteiger partial charge in [0.1, 0.15) is 0 Å². The number of nitrogens with zero attached hydrogens (tertiary/aromatic N) is 3. The van der Waals surface area contributed by atoms with E-state index in [-0.39, 0.29) is 18.2 Å². The van der Waals surface area contributed by atoms with Crippen molar-refractivity contribution in [3.05, 3.63) is 30.1 Å². The third-order valence-corrected chi connectivity index (χ3v) is 6.28. The van der Waals surface area contributed by atoms with Crippen molar-refractivity contribution in [2.45, 2.75) is 44.9 Å². The first-order valence-corrected chi connectivity index (χ1v) is 9.20. The van der Waals surface area contributed by atoms with Gasteiger partial charge in [0.15, 0.2) is 0 Å². The Morgan fingerprint density at radius 1 is 1.18 bits per heavy atom. The molecule has 0 radical (unpaired) electrons. The van der Waals surface area contributed by atoms with Crippen LogP contribution in [0.4, 0.5) is 0 Å². The van der Waals surface area contributed by atoms with E-state index in [4.69, 9.17) is 4.74 Å². The summed E-state index contributed by atoms with van der Waals surface area (Å²) in [6.45, 7) is 5.26. The lowest BCUT2D eigenvalue weighted by molar-refractivity contribution is -0.0455. The normalized spacial score (nSPS) is 31.5. The summed E-state index contributed by atoms with van der Waals surface area (Å²) in [5.41, 5.74) is 1.02. The second-order valence-electron chi connectivity index (χ2n) is 6.13. The summed E-state index contributed by atoms with van der Waals surface area (Å²) in [6.07, 6.45) is 5.05. The topological polar surface area (TPSA) is 62.7 Å². The van der Waals surface area contributed by atoms with Crippen LogP contribution in [0.5, 0.6) is 0 Å². The number of pyridine rings is 1. The maximum Gasteiger partial charge on any atom is 0.282 e. The molecule has 22 heavy (non-hydrogen) atoms. The van der Waals surface area contributed by atoms with Gasteiger partial charge in [0.05, 0.1) is 18.2 Å². The van der Waals surface area contributed by atoms with Crippen LogP contribution in [0.1, 0.15) is 38.3 Å². The van der Waals surface area contributed by atoms with E-state index in [1.807, 2.05) is 26.0 Å². The van der Waals surface area contributed by atoms with Crippen molar-refractivity contribution in [3.63, 3.8) is 0 Å². The average Bonchev–Trinajstić information content (AvgIpc) is 2.97. The summed E-state index contributed by atoms with van der Waals surface area (Å²) in [4.78, 5) is 4.02. The van der Waals surface area contributed by atoms with Crippen LogP contribution in [0.15, 0.2) is 24.5 Å². The van der Waals surface area contributed by atoms with Gasteiger partial charge >= 0.3 is 0 Å². The molecule has 0 unspecified atom stereocenters. The second kappa shape index (κ2) is 6.23. The zero-order valence-corrected chi connectivity index (χ0v) is 13.9. The summed E-state index contributed by atoms with van der Waals surface area (Å²) in [5, 5.41) is 0. The van der Waals surface area contributed by atoms with Crippen LogP contribution in [0, 0.1) is 0 Å². The van der Waals surface area contributed by atoms with E-state index in [1.54, 1.807) is 21.0 Å². The lowest BCUT2D eigenvalue weighted by Crippen LogP contribution is -2.52. The van der Waals surface area contributed by atoms with E-state index in [2.05, 4.69) is 4.98 Å². The molecule has 1 aromatic heterocycles. The minimum Gasteiger partial charge on any atom is -0.373 e. The van der Waals surface area contributed by atoms with Crippen LogP contribution in [0.25, 0.3) is 0 Å². The molecule has 2 aliphatic heterocycles. The minimum absolute atomic E-state index is 0.0690. The molecule has 2 fully saturated rings. The molecular formula is C15H23N3O3S. The molecule has 122 valence electrons. The van der Waals surface area contributed by atoms with E-state index in [0.717, 1.165) is 18.4 Å². The van der Waals surface area contributed by atoms with E-state index < -0.39 is 10.2 Å². The fourth-order valence-corrected chi connectivity index (χ4v) is 5.40. The smallest absolute Gasteiger partial charge is 0.282 e. The summed E-state index contributed by atoms with van der Waals surface area (Å²) in [7, 11) is -3.46. The van der Waals surface area contributed by atoms with Crippen molar-refractivity contribution in [2.24, 2.45) is 0 Å². The SMILES string of the molecule is C[C@@H]1CN(S(=O)(=O)N2CCC[C@@H]2c2ccncc2)C[C@H](C)O1.